The maximum atomic E-state index is 4.66. The van der Waals surface area contributed by atoms with Crippen molar-refractivity contribution in [2.24, 2.45) is 7.05 Å². The molecule has 5 nitrogen and oxygen atoms in total. The second-order valence-corrected chi connectivity index (χ2v) is 5.00. The molecule has 0 saturated carbocycles. The summed E-state index contributed by atoms with van der Waals surface area (Å²) in [7, 11) is 1.99. The van der Waals surface area contributed by atoms with Gasteiger partial charge < -0.3 is 5.32 Å². The van der Waals surface area contributed by atoms with E-state index in [9.17, 15) is 0 Å². The zero-order valence-corrected chi connectivity index (χ0v) is 12.9. The normalized spacial score (nSPS) is 12.8. The Labute approximate surface area is 121 Å². The third-order valence-corrected chi connectivity index (χ3v) is 3.57. The maximum absolute atomic E-state index is 4.66. The van der Waals surface area contributed by atoms with E-state index in [1.54, 1.807) is 0 Å². The average molecular weight is 275 g/mol. The second kappa shape index (κ2) is 6.70. The summed E-state index contributed by atoms with van der Waals surface area (Å²) in [4.78, 5) is 0. The lowest BCUT2D eigenvalue weighted by molar-refractivity contribution is 0.502. The van der Waals surface area contributed by atoms with Gasteiger partial charge in [0.05, 0.1) is 23.1 Å². The van der Waals surface area contributed by atoms with E-state index < -0.39 is 0 Å². The van der Waals surface area contributed by atoms with Gasteiger partial charge in [0.1, 0.15) is 0 Å². The molecule has 0 spiro atoms. The second-order valence-electron chi connectivity index (χ2n) is 5.00. The summed E-state index contributed by atoms with van der Waals surface area (Å²) in [5.74, 6) is 0. The molecule has 0 fully saturated rings. The van der Waals surface area contributed by atoms with Gasteiger partial charge in [-0.3, -0.25) is 9.36 Å². The Morgan fingerprint density at radius 1 is 1.25 bits per heavy atom. The Balaban J connectivity index is 2.40. The smallest absolute Gasteiger partial charge is 0.0918 e. The summed E-state index contributed by atoms with van der Waals surface area (Å²) in [6.45, 7) is 8.33. The summed E-state index contributed by atoms with van der Waals surface area (Å²) in [6, 6.07) is 4.44. The molecule has 1 unspecified atom stereocenters. The fourth-order valence-electron chi connectivity index (χ4n) is 2.46. The van der Waals surface area contributed by atoms with Crippen molar-refractivity contribution in [3.05, 3.63) is 35.4 Å². The molecule has 1 N–H and O–H groups in total. The highest BCUT2D eigenvalue weighted by Gasteiger charge is 2.21. The molecule has 0 aliphatic heterocycles. The number of hydrogen-bond acceptors (Lipinski definition) is 3. The van der Waals surface area contributed by atoms with Gasteiger partial charge in [0, 0.05) is 19.8 Å². The van der Waals surface area contributed by atoms with Crippen molar-refractivity contribution in [3.8, 4) is 0 Å². The van der Waals surface area contributed by atoms with Crippen LogP contribution in [0.2, 0.25) is 0 Å². The first-order valence-electron chi connectivity index (χ1n) is 7.49. The van der Waals surface area contributed by atoms with Crippen LogP contribution in [0.5, 0.6) is 0 Å². The number of rotatable bonds is 7. The number of aromatic nitrogens is 4. The lowest BCUT2D eigenvalue weighted by Crippen LogP contribution is -2.27. The van der Waals surface area contributed by atoms with Crippen LogP contribution in [0.3, 0.4) is 0 Å². The SMILES string of the molecule is CCCNC(c1ccnn1C)c1cc(CC)nn1CC. The predicted molar refractivity (Wildman–Crippen MR) is 80.6 cm³/mol. The first-order chi connectivity index (χ1) is 9.71. The third-order valence-electron chi connectivity index (χ3n) is 3.57. The van der Waals surface area contributed by atoms with Crippen molar-refractivity contribution in [3.63, 3.8) is 0 Å². The minimum atomic E-state index is 0.148. The van der Waals surface area contributed by atoms with Gasteiger partial charge in [-0.15, -0.1) is 0 Å². The van der Waals surface area contributed by atoms with Crippen LogP contribution >= 0.6 is 0 Å². The summed E-state index contributed by atoms with van der Waals surface area (Å²) in [5, 5.41) is 12.6. The van der Waals surface area contributed by atoms with Gasteiger partial charge in [-0.1, -0.05) is 13.8 Å². The summed E-state index contributed by atoms with van der Waals surface area (Å²) >= 11 is 0. The topological polar surface area (TPSA) is 47.7 Å². The van der Waals surface area contributed by atoms with Crippen LogP contribution in [-0.4, -0.2) is 26.1 Å². The molecule has 20 heavy (non-hydrogen) atoms. The van der Waals surface area contributed by atoms with Crippen molar-refractivity contribution >= 4 is 0 Å². The molecule has 0 bridgehead atoms. The van der Waals surface area contributed by atoms with E-state index in [4.69, 9.17) is 0 Å². The van der Waals surface area contributed by atoms with Crippen molar-refractivity contribution in [1.29, 1.82) is 0 Å². The van der Waals surface area contributed by atoms with Crippen LogP contribution < -0.4 is 5.32 Å². The van der Waals surface area contributed by atoms with Crippen molar-refractivity contribution in [2.75, 3.05) is 6.54 Å². The predicted octanol–water partition coefficient (Wildman–Crippen LogP) is 2.29. The highest BCUT2D eigenvalue weighted by atomic mass is 15.3. The molecule has 1 atom stereocenters. The Kier molecular flexibility index (Phi) is 4.95. The third kappa shape index (κ3) is 2.93. The van der Waals surface area contributed by atoms with Crippen LogP contribution in [-0.2, 0) is 20.0 Å². The number of aryl methyl sites for hydroxylation is 3. The van der Waals surface area contributed by atoms with Crippen LogP contribution in [0.25, 0.3) is 0 Å². The Morgan fingerprint density at radius 3 is 2.60 bits per heavy atom. The van der Waals surface area contributed by atoms with E-state index in [-0.39, 0.29) is 6.04 Å². The molecule has 0 aliphatic carbocycles. The Hall–Kier alpha value is -1.62. The van der Waals surface area contributed by atoms with Crippen LogP contribution in [0, 0.1) is 0 Å². The van der Waals surface area contributed by atoms with E-state index in [0.717, 1.165) is 31.6 Å². The molecule has 0 saturated heterocycles. The molecule has 2 rings (SSSR count). The minimum absolute atomic E-state index is 0.148. The molecule has 110 valence electrons. The van der Waals surface area contributed by atoms with Crippen molar-refractivity contribution in [2.45, 2.75) is 46.2 Å². The molecular formula is C15H25N5. The van der Waals surface area contributed by atoms with E-state index in [1.807, 2.05) is 17.9 Å². The molecule has 5 heteroatoms. The first-order valence-corrected chi connectivity index (χ1v) is 7.49. The highest BCUT2D eigenvalue weighted by molar-refractivity contribution is 5.24. The molecule has 0 amide bonds. The maximum Gasteiger partial charge on any atom is 0.0918 e. The summed E-state index contributed by atoms with van der Waals surface area (Å²) < 4.78 is 4.03. The van der Waals surface area contributed by atoms with Crippen LogP contribution in [0.4, 0.5) is 0 Å². The van der Waals surface area contributed by atoms with Gasteiger partial charge in [-0.2, -0.15) is 10.2 Å². The van der Waals surface area contributed by atoms with Gasteiger partial charge in [0.25, 0.3) is 0 Å². The van der Waals surface area contributed by atoms with Gasteiger partial charge in [0.15, 0.2) is 0 Å². The highest BCUT2D eigenvalue weighted by Crippen LogP contribution is 2.22. The zero-order valence-electron chi connectivity index (χ0n) is 12.9. The quantitative estimate of drug-likeness (QED) is 0.843. The fourth-order valence-corrected chi connectivity index (χ4v) is 2.46. The molecule has 0 radical (unpaired) electrons. The molecule has 2 aromatic rings. The lowest BCUT2D eigenvalue weighted by atomic mass is 10.1. The van der Waals surface area contributed by atoms with Gasteiger partial charge >= 0.3 is 0 Å². The van der Waals surface area contributed by atoms with Gasteiger partial charge in [-0.05, 0) is 38.4 Å². The first kappa shape index (κ1) is 14.8. The zero-order chi connectivity index (χ0) is 14.5. The average Bonchev–Trinajstić information content (AvgIpc) is 3.06. The fraction of sp³-hybridized carbons (Fsp3) is 0.600. The van der Waals surface area contributed by atoms with E-state index in [0.29, 0.717) is 0 Å². The number of hydrogen-bond donors (Lipinski definition) is 1. The Bertz CT molecular complexity index is 540. The summed E-state index contributed by atoms with van der Waals surface area (Å²) in [5.41, 5.74) is 3.55. The van der Waals surface area contributed by atoms with Crippen LogP contribution in [0.15, 0.2) is 18.3 Å². The van der Waals surface area contributed by atoms with E-state index >= 15 is 0 Å². The van der Waals surface area contributed by atoms with Gasteiger partial charge in [-0.25, -0.2) is 0 Å². The molecule has 0 aromatic carbocycles. The lowest BCUT2D eigenvalue weighted by Gasteiger charge is -2.19. The summed E-state index contributed by atoms with van der Waals surface area (Å²) in [6.07, 6.45) is 3.92. The molecule has 2 heterocycles. The number of nitrogens with one attached hydrogen (secondary N) is 1. The largest absolute Gasteiger partial charge is 0.304 e. The van der Waals surface area contributed by atoms with Crippen molar-refractivity contribution in [1.82, 2.24) is 24.9 Å². The van der Waals surface area contributed by atoms with Gasteiger partial charge in [0.2, 0.25) is 0 Å². The van der Waals surface area contributed by atoms with E-state index in [1.165, 1.54) is 11.4 Å². The van der Waals surface area contributed by atoms with E-state index in [2.05, 4.69) is 53.1 Å². The minimum Gasteiger partial charge on any atom is -0.304 e. The van der Waals surface area contributed by atoms with Crippen LogP contribution in [0.1, 0.15) is 50.3 Å². The molecule has 2 aromatic heterocycles. The monoisotopic (exact) mass is 275 g/mol. The number of nitrogens with zero attached hydrogens (tertiary/aromatic N) is 4. The van der Waals surface area contributed by atoms with Crippen molar-refractivity contribution < 1.29 is 0 Å². The Morgan fingerprint density at radius 2 is 2.05 bits per heavy atom. The molecule has 0 aliphatic rings. The standard InChI is InChI=1S/C15H25N5/c1-5-9-16-15(13-8-10-17-19(13)4)14-11-12(6-2)18-20(14)7-3/h8,10-11,15-16H,5-7,9H2,1-4H3. The molecular weight excluding hydrogens is 250 g/mol.